The van der Waals surface area contributed by atoms with Gasteiger partial charge in [-0.25, -0.2) is 8.42 Å². The summed E-state index contributed by atoms with van der Waals surface area (Å²) in [5.74, 6) is -1.19. The van der Waals surface area contributed by atoms with Crippen LogP contribution in [0.15, 0.2) is 24.3 Å². The van der Waals surface area contributed by atoms with Gasteiger partial charge in [-0.3, -0.25) is 4.79 Å². The zero-order valence-corrected chi connectivity index (χ0v) is 19.9. The Balaban J connectivity index is 2.15. The maximum absolute atomic E-state index is 12.2. The molecular formula is C24H37F3O4S. The topological polar surface area (TPSA) is 60.4 Å². The number of carbonyl (C=O) groups is 1. The maximum atomic E-state index is 12.2. The average Bonchev–Trinajstić information content (AvgIpc) is 2.73. The Morgan fingerprint density at radius 1 is 0.844 bits per heavy atom. The van der Waals surface area contributed by atoms with Gasteiger partial charge >= 0.3 is 6.18 Å². The molecule has 0 spiro atoms. The van der Waals surface area contributed by atoms with E-state index in [0.29, 0.717) is 17.7 Å². The van der Waals surface area contributed by atoms with E-state index in [1.807, 2.05) is 0 Å². The highest BCUT2D eigenvalue weighted by molar-refractivity contribution is 7.91. The standard InChI is InChI=1S/C24H37F3O4S/c1-2-3-4-5-6-7-8-9-10-11-19-32(29,30)20-18-31-22-15-12-21(13-16-22)14-17-23(28)24(25,26)27/h12-13,15-16H,2-11,14,17-20H2,1H3. The third-order valence-corrected chi connectivity index (χ3v) is 7.05. The van der Waals surface area contributed by atoms with Gasteiger partial charge in [-0.15, -0.1) is 0 Å². The van der Waals surface area contributed by atoms with Crippen molar-refractivity contribution in [3.05, 3.63) is 29.8 Å². The number of aryl methyl sites for hydroxylation is 1. The first kappa shape index (κ1) is 28.5. The highest BCUT2D eigenvalue weighted by atomic mass is 32.2. The van der Waals surface area contributed by atoms with Crippen LogP contribution in [0.25, 0.3) is 0 Å². The highest BCUT2D eigenvalue weighted by Gasteiger charge is 2.37. The van der Waals surface area contributed by atoms with Crippen molar-refractivity contribution >= 4 is 15.6 Å². The monoisotopic (exact) mass is 478 g/mol. The normalized spacial score (nSPS) is 12.1. The highest BCUT2D eigenvalue weighted by Crippen LogP contribution is 2.20. The third kappa shape index (κ3) is 13.8. The molecular weight excluding hydrogens is 441 g/mol. The summed E-state index contributed by atoms with van der Waals surface area (Å²) in [4.78, 5) is 10.9. The lowest BCUT2D eigenvalue weighted by Crippen LogP contribution is -2.22. The van der Waals surface area contributed by atoms with Crippen molar-refractivity contribution in [2.45, 2.75) is 90.1 Å². The summed E-state index contributed by atoms with van der Waals surface area (Å²) in [6.07, 6.45) is 6.07. The molecule has 32 heavy (non-hydrogen) atoms. The SMILES string of the molecule is CCCCCCCCCCCCS(=O)(=O)CCOc1ccc(CCC(=O)C(F)(F)F)cc1. The summed E-state index contributed by atoms with van der Waals surface area (Å²) < 4.78 is 66.4. The van der Waals surface area contributed by atoms with Crippen molar-refractivity contribution in [2.24, 2.45) is 0 Å². The minimum absolute atomic E-state index is 0.00808. The number of ketones is 1. The first-order valence-corrected chi connectivity index (χ1v) is 13.5. The molecule has 184 valence electrons. The van der Waals surface area contributed by atoms with Crippen molar-refractivity contribution in [3.63, 3.8) is 0 Å². The molecule has 0 aliphatic rings. The van der Waals surface area contributed by atoms with Crippen LogP contribution in [0.4, 0.5) is 13.2 Å². The summed E-state index contributed by atoms with van der Waals surface area (Å²) in [6.45, 7) is 2.24. The van der Waals surface area contributed by atoms with Crippen molar-refractivity contribution in [2.75, 3.05) is 18.1 Å². The number of ether oxygens (including phenoxy) is 1. The Morgan fingerprint density at radius 2 is 1.38 bits per heavy atom. The van der Waals surface area contributed by atoms with Crippen LogP contribution in [0.2, 0.25) is 0 Å². The van der Waals surface area contributed by atoms with E-state index in [4.69, 9.17) is 4.74 Å². The fraction of sp³-hybridized carbons (Fsp3) is 0.708. The van der Waals surface area contributed by atoms with Crippen molar-refractivity contribution in [3.8, 4) is 5.75 Å². The third-order valence-electron chi connectivity index (χ3n) is 5.35. The second-order valence-corrected chi connectivity index (χ2v) is 10.6. The number of rotatable bonds is 18. The molecule has 0 amide bonds. The molecule has 4 nitrogen and oxygen atoms in total. The average molecular weight is 479 g/mol. The van der Waals surface area contributed by atoms with Gasteiger partial charge in [-0.1, -0.05) is 76.8 Å². The van der Waals surface area contributed by atoms with Gasteiger partial charge in [0.05, 0.1) is 11.5 Å². The molecule has 1 rings (SSSR count). The summed E-state index contributed by atoms with van der Waals surface area (Å²) in [5.41, 5.74) is 0.587. The maximum Gasteiger partial charge on any atom is 0.449 e. The van der Waals surface area contributed by atoms with Gasteiger partial charge in [-0.05, 0) is 30.5 Å². The van der Waals surface area contributed by atoms with E-state index in [-0.39, 0.29) is 24.5 Å². The van der Waals surface area contributed by atoms with Crippen LogP contribution in [0.3, 0.4) is 0 Å². The Bertz CT molecular complexity index is 744. The number of halogens is 3. The molecule has 0 aliphatic carbocycles. The molecule has 1 aromatic rings. The number of sulfone groups is 1. The fourth-order valence-corrected chi connectivity index (χ4v) is 4.54. The minimum Gasteiger partial charge on any atom is -0.493 e. The van der Waals surface area contributed by atoms with Gasteiger partial charge in [0, 0.05) is 6.42 Å². The summed E-state index contributed by atoms with van der Waals surface area (Å²) in [6, 6.07) is 6.30. The number of hydrogen-bond acceptors (Lipinski definition) is 4. The number of unbranched alkanes of at least 4 members (excludes halogenated alkanes) is 9. The van der Waals surface area contributed by atoms with Crippen LogP contribution >= 0.6 is 0 Å². The lowest BCUT2D eigenvalue weighted by atomic mass is 10.1. The smallest absolute Gasteiger partial charge is 0.449 e. The Morgan fingerprint density at radius 3 is 1.91 bits per heavy atom. The van der Waals surface area contributed by atoms with Crippen molar-refractivity contribution in [1.29, 1.82) is 0 Å². The molecule has 0 saturated heterocycles. The first-order valence-electron chi connectivity index (χ1n) is 11.7. The molecule has 1 aromatic carbocycles. The van der Waals surface area contributed by atoms with Gasteiger partial charge in [0.1, 0.15) is 12.4 Å². The van der Waals surface area contributed by atoms with Gasteiger partial charge in [-0.2, -0.15) is 13.2 Å². The number of hydrogen-bond donors (Lipinski definition) is 0. The second kappa shape index (κ2) is 15.3. The zero-order valence-electron chi connectivity index (χ0n) is 19.1. The van der Waals surface area contributed by atoms with Crippen LogP contribution in [0.5, 0.6) is 5.75 Å². The molecule has 0 radical (unpaired) electrons. The van der Waals surface area contributed by atoms with Gasteiger partial charge < -0.3 is 4.74 Å². The number of benzene rings is 1. The van der Waals surface area contributed by atoms with E-state index in [9.17, 15) is 26.4 Å². The quantitative estimate of drug-likeness (QED) is 0.227. The van der Waals surface area contributed by atoms with Gasteiger partial charge in [0.15, 0.2) is 9.84 Å². The van der Waals surface area contributed by atoms with Crippen molar-refractivity contribution in [1.82, 2.24) is 0 Å². The molecule has 8 heteroatoms. The van der Waals surface area contributed by atoms with Crippen LogP contribution < -0.4 is 4.74 Å². The molecule has 0 aromatic heterocycles. The minimum atomic E-state index is -4.80. The summed E-state index contributed by atoms with van der Waals surface area (Å²) >= 11 is 0. The van der Waals surface area contributed by atoms with E-state index >= 15 is 0 Å². The second-order valence-electron chi connectivity index (χ2n) is 8.25. The lowest BCUT2D eigenvalue weighted by Gasteiger charge is -2.09. The fourth-order valence-electron chi connectivity index (χ4n) is 3.35. The predicted molar refractivity (Wildman–Crippen MR) is 122 cm³/mol. The number of alkyl halides is 3. The van der Waals surface area contributed by atoms with Crippen molar-refractivity contribution < 1.29 is 31.1 Å². The predicted octanol–water partition coefficient (Wildman–Crippen LogP) is 6.47. The summed E-state index contributed by atoms with van der Waals surface area (Å²) in [5, 5.41) is 0. The van der Waals surface area contributed by atoms with Crippen LogP contribution in [-0.4, -0.2) is 38.5 Å². The number of Topliss-reactive ketones (excluding diaryl/α,β-unsaturated/α-hetero) is 1. The first-order chi connectivity index (χ1) is 15.1. The Hall–Kier alpha value is -1.57. The van der Waals surface area contributed by atoms with Crippen LogP contribution in [0, 0.1) is 0 Å². The van der Waals surface area contributed by atoms with E-state index in [0.717, 1.165) is 19.3 Å². The lowest BCUT2D eigenvalue weighted by molar-refractivity contribution is -0.171. The molecule has 0 heterocycles. The van der Waals surface area contributed by atoms with Gasteiger partial charge in [0.2, 0.25) is 5.78 Å². The van der Waals surface area contributed by atoms with Crippen LogP contribution in [0.1, 0.15) is 83.1 Å². The zero-order chi connectivity index (χ0) is 23.9. The molecule has 0 saturated carbocycles. The van der Waals surface area contributed by atoms with E-state index < -0.39 is 28.2 Å². The Kier molecular flexibility index (Phi) is 13.6. The molecule has 0 atom stereocenters. The van der Waals surface area contributed by atoms with Crippen LogP contribution in [-0.2, 0) is 21.1 Å². The molecule has 0 fully saturated rings. The largest absolute Gasteiger partial charge is 0.493 e. The molecule has 0 bridgehead atoms. The van der Waals surface area contributed by atoms with E-state index in [1.165, 1.54) is 38.5 Å². The van der Waals surface area contributed by atoms with Gasteiger partial charge in [0.25, 0.3) is 0 Å². The molecule has 0 aliphatic heterocycles. The van der Waals surface area contributed by atoms with E-state index in [2.05, 4.69) is 6.92 Å². The van der Waals surface area contributed by atoms with E-state index in [1.54, 1.807) is 24.3 Å². The molecule has 0 N–H and O–H groups in total. The molecule has 0 unspecified atom stereocenters. The Labute approximate surface area is 190 Å². The number of carbonyl (C=O) groups excluding carboxylic acids is 1. The summed E-state index contributed by atoms with van der Waals surface area (Å²) in [7, 11) is -3.17.